The highest BCUT2D eigenvalue weighted by Gasteiger charge is 2.05. The van der Waals surface area contributed by atoms with E-state index in [1.807, 2.05) is 24.3 Å². The molecule has 1 atom stereocenters. The molecule has 0 aliphatic heterocycles. The Kier molecular flexibility index (Phi) is 6.66. The fourth-order valence-electron chi connectivity index (χ4n) is 1.64. The van der Waals surface area contributed by atoms with Crippen LogP contribution in [0.2, 0.25) is 5.02 Å². The van der Waals surface area contributed by atoms with Gasteiger partial charge in [-0.1, -0.05) is 24.6 Å². The topological polar surface area (TPSA) is 21.3 Å². The number of ether oxygens (including phenoxy) is 1. The van der Waals surface area contributed by atoms with Crippen molar-refractivity contribution in [2.75, 3.05) is 11.9 Å². The molecule has 0 saturated heterocycles. The van der Waals surface area contributed by atoms with Crippen molar-refractivity contribution in [3.8, 4) is 5.75 Å². The first kappa shape index (κ1) is 14.9. The quantitative estimate of drug-likeness (QED) is 0.677. The highest BCUT2D eigenvalue weighted by Crippen LogP contribution is 2.28. The second-order valence-corrected chi connectivity index (χ2v) is 4.81. The summed E-state index contributed by atoms with van der Waals surface area (Å²) >= 11 is 6.17. The van der Waals surface area contributed by atoms with Crippen LogP contribution in [0.15, 0.2) is 30.9 Å². The Morgan fingerprint density at radius 2 is 2.28 bits per heavy atom. The molecule has 1 aromatic rings. The normalized spacial score (nSPS) is 11.9. The molecule has 0 bridgehead atoms. The lowest BCUT2D eigenvalue weighted by Gasteiger charge is -2.15. The fraction of sp³-hybridized carbons (Fsp3) is 0.467. The van der Waals surface area contributed by atoms with Gasteiger partial charge in [-0.25, -0.2) is 0 Å². The van der Waals surface area contributed by atoms with Crippen molar-refractivity contribution in [3.63, 3.8) is 0 Å². The predicted octanol–water partition coefficient (Wildman–Crippen LogP) is 4.90. The molecule has 0 aromatic heterocycles. The summed E-state index contributed by atoms with van der Waals surface area (Å²) in [4.78, 5) is 0. The third-order valence-corrected chi connectivity index (χ3v) is 2.91. The molecule has 0 aliphatic carbocycles. The van der Waals surface area contributed by atoms with Crippen molar-refractivity contribution < 1.29 is 4.74 Å². The maximum absolute atomic E-state index is 6.17. The van der Waals surface area contributed by atoms with Crippen LogP contribution in [-0.4, -0.2) is 12.6 Å². The summed E-state index contributed by atoms with van der Waals surface area (Å²) in [5.41, 5.74) is 1.03. The third-order valence-electron chi connectivity index (χ3n) is 2.61. The molecule has 0 spiro atoms. The van der Waals surface area contributed by atoms with Crippen molar-refractivity contribution in [3.05, 3.63) is 35.9 Å². The van der Waals surface area contributed by atoms with Crippen LogP contribution in [-0.2, 0) is 0 Å². The Bertz CT molecular complexity index is 379. The highest BCUT2D eigenvalue weighted by atomic mass is 35.5. The number of anilines is 1. The molecule has 1 N–H and O–H groups in total. The molecule has 0 saturated carbocycles. The minimum Gasteiger partial charge on any atom is -0.492 e. The van der Waals surface area contributed by atoms with Gasteiger partial charge in [0.25, 0.3) is 0 Å². The van der Waals surface area contributed by atoms with Gasteiger partial charge in [-0.2, -0.15) is 0 Å². The lowest BCUT2D eigenvalue weighted by atomic mass is 10.1. The minimum atomic E-state index is 0.404. The van der Waals surface area contributed by atoms with Crippen molar-refractivity contribution >= 4 is 17.3 Å². The van der Waals surface area contributed by atoms with Crippen LogP contribution >= 0.6 is 11.6 Å². The zero-order chi connectivity index (χ0) is 13.4. The first-order valence-electron chi connectivity index (χ1n) is 6.47. The van der Waals surface area contributed by atoms with Crippen LogP contribution < -0.4 is 10.1 Å². The number of hydrogen-bond donors (Lipinski definition) is 1. The summed E-state index contributed by atoms with van der Waals surface area (Å²) in [5.74, 6) is 0.753. The Morgan fingerprint density at radius 1 is 1.50 bits per heavy atom. The van der Waals surface area contributed by atoms with Gasteiger partial charge in [0.05, 0.1) is 11.6 Å². The van der Waals surface area contributed by atoms with E-state index in [-0.39, 0.29) is 0 Å². The first-order chi connectivity index (χ1) is 8.67. The van der Waals surface area contributed by atoms with E-state index in [2.05, 4.69) is 25.7 Å². The monoisotopic (exact) mass is 267 g/mol. The van der Waals surface area contributed by atoms with Gasteiger partial charge < -0.3 is 10.1 Å². The number of nitrogens with one attached hydrogen (secondary N) is 1. The van der Waals surface area contributed by atoms with Crippen molar-refractivity contribution in [2.24, 2.45) is 0 Å². The standard InChI is InChI=1S/C15H22ClNO/c1-4-6-7-12(3)17-13-8-9-15(14(16)11-13)18-10-5-2/h4,8-9,11-12,17H,1,5-7,10H2,2-3H3. The molecule has 0 amide bonds. The summed E-state index contributed by atoms with van der Waals surface area (Å²) in [6.45, 7) is 8.65. The summed E-state index contributed by atoms with van der Waals surface area (Å²) in [6.07, 6.45) is 5.00. The molecule has 0 aliphatic rings. The molecule has 1 rings (SSSR count). The van der Waals surface area contributed by atoms with Crippen molar-refractivity contribution in [2.45, 2.75) is 39.2 Å². The maximum Gasteiger partial charge on any atom is 0.138 e. The zero-order valence-corrected chi connectivity index (χ0v) is 12.0. The fourth-order valence-corrected chi connectivity index (χ4v) is 1.88. The molecule has 3 heteroatoms. The van der Waals surface area contributed by atoms with E-state index >= 15 is 0 Å². The number of allylic oxidation sites excluding steroid dienone is 1. The van der Waals surface area contributed by atoms with Crippen molar-refractivity contribution in [1.29, 1.82) is 0 Å². The molecule has 18 heavy (non-hydrogen) atoms. The van der Waals surface area contributed by atoms with Crippen LogP contribution in [0.1, 0.15) is 33.1 Å². The smallest absolute Gasteiger partial charge is 0.138 e. The number of rotatable bonds is 8. The summed E-state index contributed by atoms with van der Waals surface area (Å²) < 4.78 is 5.54. The lowest BCUT2D eigenvalue weighted by Crippen LogP contribution is -2.14. The van der Waals surface area contributed by atoms with Crippen LogP contribution in [0, 0.1) is 0 Å². The van der Waals surface area contributed by atoms with Crippen molar-refractivity contribution in [1.82, 2.24) is 0 Å². The van der Waals surface area contributed by atoms with E-state index in [9.17, 15) is 0 Å². The van der Waals surface area contributed by atoms with Gasteiger partial charge in [0, 0.05) is 11.7 Å². The largest absolute Gasteiger partial charge is 0.492 e. The second kappa shape index (κ2) is 8.04. The van der Waals surface area contributed by atoms with Gasteiger partial charge in [0.15, 0.2) is 0 Å². The van der Waals surface area contributed by atoms with E-state index in [0.717, 1.165) is 30.7 Å². The zero-order valence-electron chi connectivity index (χ0n) is 11.2. The summed E-state index contributed by atoms with van der Waals surface area (Å²) in [5, 5.41) is 4.07. The number of halogens is 1. The average molecular weight is 268 g/mol. The van der Waals surface area contributed by atoms with E-state index < -0.39 is 0 Å². The van der Waals surface area contributed by atoms with E-state index in [1.54, 1.807) is 0 Å². The molecular formula is C15H22ClNO. The molecule has 1 unspecified atom stereocenters. The molecule has 100 valence electrons. The first-order valence-corrected chi connectivity index (χ1v) is 6.85. The molecule has 0 fully saturated rings. The van der Waals surface area contributed by atoms with Gasteiger partial charge in [-0.05, 0) is 44.4 Å². The van der Waals surface area contributed by atoms with Gasteiger partial charge in [-0.15, -0.1) is 6.58 Å². The molecule has 1 aromatic carbocycles. The van der Waals surface area contributed by atoms with Crippen LogP contribution in [0.25, 0.3) is 0 Å². The Morgan fingerprint density at radius 3 is 2.89 bits per heavy atom. The van der Waals surface area contributed by atoms with Gasteiger partial charge in [-0.3, -0.25) is 0 Å². The highest BCUT2D eigenvalue weighted by molar-refractivity contribution is 6.32. The van der Waals surface area contributed by atoms with E-state index in [1.165, 1.54) is 0 Å². The third kappa shape index (κ3) is 5.01. The SMILES string of the molecule is C=CCCC(C)Nc1ccc(OCCC)c(Cl)c1. The van der Waals surface area contributed by atoms with E-state index in [4.69, 9.17) is 16.3 Å². The Balaban J connectivity index is 2.57. The average Bonchev–Trinajstić information content (AvgIpc) is 2.35. The van der Waals surface area contributed by atoms with Gasteiger partial charge in [0.1, 0.15) is 5.75 Å². The van der Waals surface area contributed by atoms with Gasteiger partial charge >= 0.3 is 0 Å². The second-order valence-electron chi connectivity index (χ2n) is 4.41. The minimum absolute atomic E-state index is 0.404. The Labute approximate surface area is 115 Å². The van der Waals surface area contributed by atoms with Gasteiger partial charge in [0.2, 0.25) is 0 Å². The molecule has 0 heterocycles. The predicted molar refractivity (Wildman–Crippen MR) is 79.8 cm³/mol. The summed E-state index contributed by atoms with van der Waals surface area (Å²) in [7, 11) is 0. The van der Waals surface area contributed by atoms with Crippen LogP contribution in [0.3, 0.4) is 0 Å². The van der Waals surface area contributed by atoms with Crippen LogP contribution in [0.5, 0.6) is 5.75 Å². The lowest BCUT2D eigenvalue weighted by molar-refractivity contribution is 0.317. The Hall–Kier alpha value is -1.15. The van der Waals surface area contributed by atoms with Crippen LogP contribution in [0.4, 0.5) is 5.69 Å². The number of hydrogen-bond acceptors (Lipinski definition) is 2. The molecule has 0 radical (unpaired) electrons. The van der Waals surface area contributed by atoms with E-state index in [0.29, 0.717) is 17.7 Å². The summed E-state index contributed by atoms with van der Waals surface area (Å²) in [6, 6.07) is 6.24. The maximum atomic E-state index is 6.17. The number of benzene rings is 1. The molecule has 2 nitrogen and oxygen atoms in total. The molecular weight excluding hydrogens is 246 g/mol.